The summed E-state index contributed by atoms with van der Waals surface area (Å²) >= 11 is 4.76. The molecule has 0 radical (unpaired) electrons. The molecule has 1 aromatic rings. The van der Waals surface area contributed by atoms with Crippen molar-refractivity contribution in [1.29, 1.82) is 0 Å². The highest BCUT2D eigenvalue weighted by molar-refractivity contribution is 7.80. The largest absolute Gasteiger partial charge is 0.497 e. The Labute approximate surface area is 119 Å². The molecule has 0 heterocycles. The van der Waals surface area contributed by atoms with Crippen molar-refractivity contribution in [3.05, 3.63) is 29.8 Å². The Balaban J connectivity index is 2.20. The van der Waals surface area contributed by atoms with Gasteiger partial charge in [0.15, 0.2) is 0 Å². The summed E-state index contributed by atoms with van der Waals surface area (Å²) in [6.45, 7) is 0.624. The van der Waals surface area contributed by atoms with Crippen LogP contribution < -0.4 is 15.8 Å². The topological polar surface area (TPSA) is 64.3 Å². The third kappa shape index (κ3) is 6.76. The second-order valence-corrected chi connectivity index (χ2v) is 4.79. The Morgan fingerprint density at radius 2 is 2.00 bits per heavy atom. The van der Waals surface area contributed by atoms with Gasteiger partial charge in [-0.2, -0.15) is 0 Å². The van der Waals surface area contributed by atoms with Gasteiger partial charge in [-0.05, 0) is 37.0 Å². The second kappa shape index (κ2) is 8.48. The number of carbonyl (C=O) groups is 1. The summed E-state index contributed by atoms with van der Waals surface area (Å²) in [5, 5.41) is 2.85. The van der Waals surface area contributed by atoms with Gasteiger partial charge in [-0.15, -0.1) is 0 Å². The molecule has 0 aliphatic heterocycles. The molecule has 0 fully saturated rings. The highest BCUT2D eigenvalue weighted by Gasteiger charge is 2.02. The lowest BCUT2D eigenvalue weighted by molar-refractivity contribution is -0.121. The molecule has 0 bridgehead atoms. The molecule has 104 valence electrons. The molecule has 0 spiro atoms. The summed E-state index contributed by atoms with van der Waals surface area (Å²) in [5.74, 6) is 0.879. The second-order valence-electron chi connectivity index (χ2n) is 4.27. The Kier molecular flexibility index (Phi) is 6.89. The van der Waals surface area contributed by atoms with Crippen LogP contribution in [0.3, 0.4) is 0 Å². The van der Waals surface area contributed by atoms with Crippen LogP contribution in [0.2, 0.25) is 0 Å². The number of ether oxygens (including phenoxy) is 1. The Hall–Kier alpha value is -1.62. The average Bonchev–Trinajstić information content (AvgIpc) is 2.41. The van der Waals surface area contributed by atoms with Crippen LogP contribution in [0.25, 0.3) is 0 Å². The molecule has 1 rings (SSSR count). The number of aryl methyl sites for hydroxylation is 1. The minimum atomic E-state index is 0.0544. The van der Waals surface area contributed by atoms with E-state index in [0.717, 1.165) is 24.2 Å². The van der Waals surface area contributed by atoms with Crippen LogP contribution in [0.5, 0.6) is 5.75 Å². The summed E-state index contributed by atoms with van der Waals surface area (Å²) in [7, 11) is 1.63. The van der Waals surface area contributed by atoms with E-state index in [1.807, 2.05) is 24.3 Å². The number of nitrogens with two attached hydrogens (primary N) is 1. The van der Waals surface area contributed by atoms with Crippen LogP contribution in [0.15, 0.2) is 24.3 Å². The average molecular weight is 280 g/mol. The summed E-state index contributed by atoms with van der Waals surface area (Å²) in [4.78, 5) is 12.1. The van der Waals surface area contributed by atoms with E-state index in [9.17, 15) is 4.79 Å². The van der Waals surface area contributed by atoms with Gasteiger partial charge in [-0.1, -0.05) is 24.4 Å². The number of benzene rings is 1. The minimum Gasteiger partial charge on any atom is -0.497 e. The highest BCUT2D eigenvalue weighted by Crippen LogP contribution is 2.12. The monoisotopic (exact) mass is 280 g/mol. The van der Waals surface area contributed by atoms with Gasteiger partial charge in [0.05, 0.1) is 12.1 Å². The first kappa shape index (κ1) is 15.4. The lowest BCUT2D eigenvalue weighted by Crippen LogP contribution is -2.25. The number of amides is 1. The number of rotatable bonds is 8. The lowest BCUT2D eigenvalue weighted by Gasteiger charge is -2.05. The number of carbonyl (C=O) groups excluding carboxylic acids is 1. The van der Waals surface area contributed by atoms with E-state index in [1.54, 1.807) is 7.11 Å². The van der Waals surface area contributed by atoms with Crippen LogP contribution in [-0.2, 0) is 11.2 Å². The van der Waals surface area contributed by atoms with Crippen LogP contribution in [0, 0.1) is 0 Å². The molecule has 1 aromatic carbocycles. The molecule has 0 aliphatic rings. The highest BCUT2D eigenvalue weighted by atomic mass is 32.1. The molecule has 0 saturated carbocycles. The van der Waals surface area contributed by atoms with E-state index in [-0.39, 0.29) is 5.91 Å². The quantitative estimate of drug-likeness (QED) is 0.563. The molecule has 0 saturated heterocycles. The van der Waals surface area contributed by atoms with Gasteiger partial charge in [0.2, 0.25) is 5.91 Å². The fraction of sp³-hybridized carbons (Fsp3) is 0.429. The molecule has 3 N–H and O–H groups in total. The maximum Gasteiger partial charge on any atom is 0.220 e. The van der Waals surface area contributed by atoms with Gasteiger partial charge in [-0.25, -0.2) is 0 Å². The van der Waals surface area contributed by atoms with Crippen molar-refractivity contribution in [1.82, 2.24) is 5.32 Å². The van der Waals surface area contributed by atoms with Gasteiger partial charge in [0.25, 0.3) is 0 Å². The zero-order chi connectivity index (χ0) is 14.1. The van der Waals surface area contributed by atoms with Crippen LogP contribution >= 0.6 is 12.2 Å². The fourth-order valence-electron chi connectivity index (χ4n) is 1.63. The summed E-state index contributed by atoms with van der Waals surface area (Å²) < 4.78 is 5.08. The van der Waals surface area contributed by atoms with Gasteiger partial charge in [-0.3, -0.25) is 4.79 Å². The van der Waals surface area contributed by atoms with E-state index in [2.05, 4.69) is 5.32 Å². The van der Waals surface area contributed by atoms with Crippen LogP contribution in [0.4, 0.5) is 0 Å². The third-order valence-electron chi connectivity index (χ3n) is 2.72. The smallest absolute Gasteiger partial charge is 0.220 e. The standard InChI is InChI=1S/C14H20N2O2S/c1-18-12-7-4-11(5-8-12)6-9-14(17)16-10-2-3-13(15)19/h4-5,7-8H,2-3,6,9-10H2,1H3,(H2,15,19)(H,16,17). The SMILES string of the molecule is COc1ccc(CCC(=O)NCCCC(N)=S)cc1. The third-order valence-corrected chi connectivity index (χ3v) is 2.93. The van der Waals surface area contributed by atoms with E-state index in [4.69, 9.17) is 22.7 Å². The minimum absolute atomic E-state index is 0.0544. The number of thiocarbonyl (C=S) groups is 1. The molecule has 0 aliphatic carbocycles. The van der Waals surface area contributed by atoms with Crippen molar-refractivity contribution in [3.8, 4) is 5.75 Å². The maximum absolute atomic E-state index is 11.6. The Morgan fingerprint density at radius 3 is 2.58 bits per heavy atom. The van der Waals surface area contributed by atoms with Crippen molar-refractivity contribution >= 4 is 23.1 Å². The number of hydrogen-bond donors (Lipinski definition) is 2. The normalized spacial score (nSPS) is 9.95. The molecular weight excluding hydrogens is 260 g/mol. The van der Waals surface area contributed by atoms with Crippen molar-refractivity contribution in [2.24, 2.45) is 5.73 Å². The molecule has 19 heavy (non-hydrogen) atoms. The molecule has 0 unspecified atom stereocenters. The molecular formula is C14H20N2O2S. The summed E-state index contributed by atoms with van der Waals surface area (Å²) in [6.07, 6.45) is 2.68. The lowest BCUT2D eigenvalue weighted by atomic mass is 10.1. The van der Waals surface area contributed by atoms with Gasteiger partial charge >= 0.3 is 0 Å². The number of hydrogen-bond acceptors (Lipinski definition) is 3. The van der Waals surface area contributed by atoms with Gasteiger partial charge in [0.1, 0.15) is 5.75 Å². The zero-order valence-electron chi connectivity index (χ0n) is 11.1. The molecule has 1 amide bonds. The Morgan fingerprint density at radius 1 is 1.32 bits per heavy atom. The van der Waals surface area contributed by atoms with E-state index < -0.39 is 0 Å². The summed E-state index contributed by atoms with van der Waals surface area (Å²) in [6, 6.07) is 7.74. The molecule has 5 heteroatoms. The van der Waals surface area contributed by atoms with Crippen molar-refractivity contribution < 1.29 is 9.53 Å². The molecule has 0 aromatic heterocycles. The van der Waals surface area contributed by atoms with Crippen molar-refractivity contribution in [2.75, 3.05) is 13.7 Å². The van der Waals surface area contributed by atoms with Gasteiger partial charge < -0.3 is 15.8 Å². The fourth-order valence-corrected chi connectivity index (χ4v) is 1.77. The van der Waals surface area contributed by atoms with Crippen LogP contribution in [-0.4, -0.2) is 24.6 Å². The first-order chi connectivity index (χ1) is 9.11. The molecule has 0 atom stereocenters. The first-order valence-electron chi connectivity index (χ1n) is 6.29. The van der Waals surface area contributed by atoms with E-state index >= 15 is 0 Å². The predicted octanol–water partition coefficient (Wildman–Crippen LogP) is 1.81. The maximum atomic E-state index is 11.6. The summed E-state index contributed by atoms with van der Waals surface area (Å²) in [5.41, 5.74) is 6.50. The molecule has 4 nitrogen and oxygen atoms in total. The zero-order valence-corrected chi connectivity index (χ0v) is 12.0. The van der Waals surface area contributed by atoms with Crippen molar-refractivity contribution in [2.45, 2.75) is 25.7 Å². The van der Waals surface area contributed by atoms with Crippen molar-refractivity contribution in [3.63, 3.8) is 0 Å². The predicted molar refractivity (Wildman–Crippen MR) is 80.3 cm³/mol. The Bertz CT molecular complexity index is 418. The first-order valence-corrected chi connectivity index (χ1v) is 6.70. The number of nitrogens with one attached hydrogen (secondary N) is 1. The van der Waals surface area contributed by atoms with E-state index in [1.165, 1.54) is 0 Å². The van der Waals surface area contributed by atoms with E-state index in [0.29, 0.717) is 24.4 Å². The van der Waals surface area contributed by atoms with Crippen LogP contribution in [0.1, 0.15) is 24.8 Å². The number of methoxy groups -OCH3 is 1. The van der Waals surface area contributed by atoms with Gasteiger partial charge in [0, 0.05) is 13.0 Å².